The fourth-order valence-electron chi connectivity index (χ4n) is 5.73. The number of fused-ring (bicyclic) bond motifs is 1. The lowest BCUT2D eigenvalue weighted by Gasteiger charge is -2.40. The molecule has 2 N–H and O–H groups in total. The van der Waals surface area contributed by atoms with Gasteiger partial charge >= 0.3 is 0 Å². The van der Waals surface area contributed by atoms with Crippen LogP contribution in [0.3, 0.4) is 0 Å². The average molecular weight is 509 g/mol. The number of aromatic amines is 1. The molecule has 2 atom stereocenters. The van der Waals surface area contributed by atoms with E-state index in [0.717, 1.165) is 50.1 Å². The molecule has 1 saturated carbocycles. The van der Waals surface area contributed by atoms with E-state index in [9.17, 15) is 14.0 Å². The summed E-state index contributed by atoms with van der Waals surface area (Å²) in [7, 11) is 1.45. The molecule has 3 aliphatic rings. The van der Waals surface area contributed by atoms with Gasteiger partial charge in [-0.1, -0.05) is 0 Å². The first kappa shape index (κ1) is 23.6. The third-order valence-electron chi connectivity index (χ3n) is 7.93. The summed E-state index contributed by atoms with van der Waals surface area (Å²) in [5.41, 5.74) is 0.469. The summed E-state index contributed by atoms with van der Waals surface area (Å²) in [4.78, 5) is 32.4. The highest BCUT2D eigenvalue weighted by Gasteiger charge is 2.54. The van der Waals surface area contributed by atoms with Crippen LogP contribution in [0.15, 0.2) is 18.3 Å². The van der Waals surface area contributed by atoms with Crippen LogP contribution in [0.2, 0.25) is 0 Å². The number of carbonyl (C=O) groups excluding carboxylic acids is 2. The Balaban J connectivity index is 1.14. The Bertz CT molecular complexity index is 1360. The lowest BCUT2D eigenvalue weighted by molar-refractivity contribution is -0.128. The van der Waals surface area contributed by atoms with E-state index >= 15 is 0 Å². The number of methoxy groups -OCH3 is 1. The number of pyridine rings is 1. The zero-order valence-corrected chi connectivity index (χ0v) is 20.8. The fraction of sp³-hybridized carbons (Fsp3) is 0.520. The molecule has 1 saturated heterocycles. The molecule has 6 rings (SSSR count). The van der Waals surface area contributed by atoms with Crippen molar-refractivity contribution in [1.82, 2.24) is 40.2 Å². The van der Waals surface area contributed by atoms with E-state index < -0.39 is 5.82 Å². The third kappa shape index (κ3) is 4.13. The average Bonchev–Trinajstić information content (AvgIpc) is 3.31. The topological polar surface area (TPSA) is 131 Å². The number of aromatic nitrogens is 6. The molecule has 1 unspecified atom stereocenters. The molecule has 37 heavy (non-hydrogen) atoms. The lowest BCUT2D eigenvalue weighted by atomic mass is 9.87. The summed E-state index contributed by atoms with van der Waals surface area (Å²) in [6.07, 6.45) is 5.80. The number of likely N-dealkylation sites (tertiary alicyclic amines) is 1. The van der Waals surface area contributed by atoms with Gasteiger partial charge in [0.1, 0.15) is 11.5 Å². The Morgan fingerprint density at radius 3 is 2.84 bits per heavy atom. The Hall–Kier alpha value is -3.83. The Morgan fingerprint density at radius 2 is 2.05 bits per heavy atom. The standard InChI is InChI=1S/C25H29FN8O3/c1-14-29-32-22-18(4-3-8-33(14)22)28-23(35)15-5-9-34(25(12-15)6-7-25)24(36)20-11-19(30-31-20)16-10-21(37-2)27-13-17(16)26/h10-11,13,15,18H,3-9,12H2,1-2H3,(H,28,35)(H,30,31)/t15-,18?/m0/s1. The first-order valence-electron chi connectivity index (χ1n) is 12.7. The predicted octanol–water partition coefficient (Wildman–Crippen LogP) is 2.56. The highest BCUT2D eigenvalue weighted by Crippen LogP contribution is 2.50. The number of piperidine rings is 1. The van der Waals surface area contributed by atoms with Crippen LogP contribution in [0, 0.1) is 18.7 Å². The van der Waals surface area contributed by atoms with Gasteiger partial charge in [-0.25, -0.2) is 9.37 Å². The monoisotopic (exact) mass is 508 g/mol. The van der Waals surface area contributed by atoms with Gasteiger partial charge in [0.25, 0.3) is 5.91 Å². The van der Waals surface area contributed by atoms with Gasteiger partial charge in [0.15, 0.2) is 11.6 Å². The van der Waals surface area contributed by atoms with Crippen LogP contribution in [-0.4, -0.2) is 65.9 Å². The molecule has 3 aromatic heterocycles. The van der Waals surface area contributed by atoms with E-state index in [4.69, 9.17) is 4.74 Å². The molecule has 194 valence electrons. The molecule has 5 heterocycles. The minimum Gasteiger partial charge on any atom is -0.481 e. The van der Waals surface area contributed by atoms with Crippen LogP contribution in [0.5, 0.6) is 5.88 Å². The molecule has 3 aromatic rings. The van der Waals surface area contributed by atoms with Crippen LogP contribution in [0.4, 0.5) is 4.39 Å². The van der Waals surface area contributed by atoms with E-state index in [-0.39, 0.29) is 46.5 Å². The highest BCUT2D eigenvalue weighted by molar-refractivity contribution is 5.94. The maximum atomic E-state index is 14.3. The van der Waals surface area contributed by atoms with Gasteiger partial charge in [-0.3, -0.25) is 14.7 Å². The molecule has 0 bridgehead atoms. The molecule has 2 fully saturated rings. The maximum Gasteiger partial charge on any atom is 0.272 e. The minimum atomic E-state index is -0.553. The highest BCUT2D eigenvalue weighted by atomic mass is 19.1. The second kappa shape index (κ2) is 8.93. The van der Waals surface area contributed by atoms with Gasteiger partial charge in [-0.15, -0.1) is 10.2 Å². The normalized spacial score (nSPS) is 22.0. The Morgan fingerprint density at radius 1 is 1.22 bits per heavy atom. The van der Waals surface area contributed by atoms with Gasteiger partial charge in [-0.2, -0.15) is 5.10 Å². The molecule has 0 aromatic carbocycles. The molecular weight excluding hydrogens is 479 g/mol. The minimum absolute atomic E-state index is 0.0170. The summed E-state index contributed by atoms with van der Waals surface area (Å²) in [5.74, 6) is 1.06. The van der Waals surface area contributed by atoms with Gasteiger partial charge in [-0.05, 0) is 51.5 Å². The van der Waals surface area contributed by atoms with Crippen molar-refractivity contribution < 1.29 is 18.7 Å². The van der Waals surface area contributed by atoms with E-state index in [2.05, 4.69) is 35.3 Å². The third-order valence-corrected chi connectivity index (χ3v) is 7.93. The number of halogens is 1. The van der Waals surface area contributed by atoms with E-state index in [1.807, 2.05) is 11.8 Å². The van der Waals surface area contributed by atoms with Gasteiger partial charge < -0.3 is 19.5 Å². The molecule has 1 spiro atoms. The maximum absolute atomic E-state index is 14.3. The first-order chi connectivity index (χ1) is 17.9. The molecule has 2 aliphatic heterocycles. The van der Waals surface area contributed by atoms with Crippen molar-refractivity contribution in [3.8, 4) is 17.1 Å². The molecular formula is C25H29FN8O3. The number of nitrogens with one attached hydrogen (secondary N) is 2. The quantitative estimate of drug-likeness (QED) is 0.542. The summed E-state index contributed by atoms with van der Waals surface area (Å²) >= 11 is 0. The summed E-state index contributed by atoms with van der Waals surface area (Å²) in [6, 6.07) is 2.87. The zero-order chi connectivity index (χ0) is 25.7. The number of hydrogen-bond acceptors (Lipinski definition) is 7. The van der Waals surface area contributed by atoms with E-state index in [1.165, 1.54) is 13.2 Å². The van der Waals surface area contributed by atoms with Crippen molar-refractivity contribution >= 4 is 11.8 Å². The number of carbonyl (C=O) groups is 2. The molecule has 1 aliphatic carbocycles. The Labute approximate surface area is 212 Å². The van der Waals surface area contributed by atoms with E-state index in [0.29, 0.717) is 25.1 Å². The van der Waals surface area contributed by atoms with Gasteiger partial charge in [0.05, 0.1) is 25.0 Å². The van der Waals surface area contributed by atoms with Crippen LogP contribution in [-0.2, 0) is 11.3 Å². The van der Waals surface area contributed by atoms with Crippen LogP contribution >= 0.6 is 0 Å². The second-order valence-electron chi connectivity index (χ2n) is 10.2. The fourth-order valence-corrected chi connectivity index (χ4v) is 5.73. The van der Waals surface area contributed by atoms with Crippen molar-refractivity contribution in [2.45, 2.75) is 63.6 Å². The van der Waals surface area contributed by atoms with E-state index in [1.54, 1.807) is 6.07 Å². The Kier molecular flexibility index (Phi) is 5.68. The number of rotatable bonds is 5. The second-order valence-corrected chi connectivity index (χ2v) is 10.2. The predicted molar refractivity (Wildman–Crippen MR) is 129 cm³/mol. The van der Waals surface area contributed by atoms with Crippen LogP contribution in [0.25, 0.3) is 11.3 Å². The van der Waals surface area contributed by atoms with Crippen LogP contribution < -0.4 is 10.1 Å². The van der Waals surface area contributed by atoms with Crippen molar-refractivity contribution in [3.05, 3.63) is 41.5 Å². The van der Waals surface area contributed by atoms with Crippen molar-refractivity contribution in [1.29, 1.82) is 0 Å². The van der Waals surface area contributed by atoms with Crippen molar-refractivity contribution in [2.24, 2.45) is 5.92 Å². The van der Waals surface area contributed by atoms with Crippen LogP contribution in [0.1, 0.15) is 66.7 Å². The molecule has 11 nitrogen and oxygen atoms in total. The molecule has 0 radical (unpaired) electrons. The summed E-state index contributed by atoms with van der Waals surface area (Å²) in [5, 5.41) is 18.6. The molecule has 12 heteroatoms. The SMILES string of the molecule is COc1cc(-c2cc(C(=O)N3CC[C@H](C(=O)NC4CCCn5c(C)nnc54)CC34CC4)[nH]n2)c(F)cn1. The number of ether oxygens (including phenoxy) is 1. The first-order valence-corrected chi connectivity index (χ1v) is 12.7. The van der Waals surface area contributed by atoms with Crippen molar-refractivity contribution in [2.75, 3.05) is 13.7 Å². The summed E-state index contributed by atoms with van der Waals surface area (Å²) in [6.45, 7) is 3.28. The zero-order valence-electron chi connectivity index (χ0n) is 20.8. The number of hydrogen-bond donors (Lipinski definition) is 2. The number of amides is 2. The largest absolute Gasteiger partial charge is 0.481 e. The smallest absolute Gasteiger partial charge is 0.272 e. The van der Waals surface area contributed by atoms with Gasteiger partial charge in [0, 0.05) is 36.2 Å². The number of H-pyrrole nitrogens is 1. The number of nitrogens with zero attached hydrogens (tertiary/aromatic N) is 6. The van der Waals surface area contributed by atoms with Crippen molar-refractivity contribution in [3.63, 3.8) is 0 Å². The molecule has 2 amide bonds. The summed E-state index contributed by atoms with van der Waals surface area (Å²) < 4.78 is 21.5. The van der Waals surface area contributed by atoms with Gasteiger partial charge in [0.2, 0.25) is 11.8 Å². The number of aryl methyl sites for hydroxylation is 1. The lowest BCUT2D eigenvalue weighted by Crippen LogP contribution is -2.51.